The molecule has 1 aromatic carbocycles. The van der Waals surface area contributed by atoms with Crippen molar-refractivity contribution in [2.45, 2.75) is 62.6 Å². The first-order valence-electron chi connectivity index (χ1n) is 9.53. The normalized spacial score (nSPS) is 16.5. The number of amides is 1. The molecule has 28 heavy (non-hydrogen) atoms. The highest BCUT2D eigenvalue weighted by Crippen LogP contribution is 2.19. The number of hydrogen-bond acceptors (Lipinski definition) is 5. The minimum Gasteiger partial charge on any atom is -0.481 e. The number of carbonyl (C=O) groups is 1. The minimum absolute atomic E-state index is 0.0754. The van der Waals surface area contributed by atoms with Crippen molar-refractivity contribution < 1.29 is 22.4 Å². The minimum atomic E-state index is -3.66. The molecule has 0 aliphatic heterocycles. The maximum Gasteiger partial charge on any atom is 0.260 e. The van der Waals surface area contributed by atoms with Crippen LogP contribution >= 0.6 is 0 Å². The summed E-state index contributed by atoms with van der Waals surface area (Å²) in [6, 6.07) is 9.61. The molecule has 7 nitrogen and oxygen atoms in total. The Morgan fingerprint density at radius 1 is 1.18 bits per heavy atom. The summed E-state index contributed by atoms with van der Waals surface area (Å²) in [5.74, 6) is 0.821. The Labute approximate surface area is 165 Å². The summed E-state index contributed by atoms with van der Waals surface area (Å²) < 4.78 is 37.9. The van der Waals surface area contributed by atoms with Gasteiger partial charge in [0.2, 0.25) is 10.0 Å². The fourth-order valence-corrected chi connectivity index (χ4v) is 4.18. The third-order valence-corrected chi connectivity index (χ3v) is 6.20. The molecule has 0 spiro atoms. The van der Waals surface area contributed by atoms with Gasteiger partial charge >= 0.3 is 0 Å². The summed E-state index contributed by atoms with van der Waals surface area (Å²) >= 11 is 0. The van der Waals surface area contributed by atoms with Crippen molar-refractivity contribution in [3.63, 3.8) is 0 Å². The zero-order valence-corrected chi connectivity index (χ0v) is 16.7. The highest BCUT2D eigenvalue weighted by molar-refractivity contribution is 7.89. The molecule has 0 saturated heterocycles. The Morgan fingerprint density at radius 2 is 1.89 bits per heavy atom. The molecule has 1 aliphatic rings. The van der Waals surface area contributed by atoms with Gasteiger partial charge in [-0.3, -0.25) is 4.79 Å². The quantitative estimate of drug-likeness (QED) is 0.702. The third-order valence-electron chi connectivity index (χ3n) is 4.78. The van der Waals surface area contributed by atoms with Crippen LogP contribution in [0.15, 0.2) is 52.0 Å². The maximum atomic E-state index is 12.3. The number of furan rings is 1. The number of carbonyl (C=O) groups excluding carboxylic acids is 1. The zero-order valence-electron chi connectivity index (χ0n) is 15.9. The molecule has 1 fully saturated rings. The number of nitrogens with one attached hydrogen (secondary N) is 2. The van der Waals surface area contributed by atoms with Crippen LogP contribution in [0.25, 0.3) is 0 Å². The SMILES string of the molecule is C[C@@H](Oc1ccc(S(=O)(=O)NCc2ccco2)cc1)C(=O)NC1CCCCC1. The number of hydrogen-bond donors (Lipinski definition) is 2. The summed E-state index contributed by atoms with van der Waals surface area (Å²) in [5, 5.41) is 3.03. The van der Waals surface area contributed by atoms with Gasteiger partial charge in [0, 0.05) is 6.04 Å². The first-order chi connectivity index (χ1) is 13.4. The van der Waals surface area contributed by atoms with Gasteiger partial charge in [-0.05, 0) is 56.2 Å². The van der Waals surface area contributed by atoms with Gasteiger partial charge in [-0.1, -0.05) is 19.3 Å². The van der Waals surface area contributed by atoms with Crippen LogP contribution in [0, 0.1) is 0 Å². The van der Waals surface area contributed by atoms with Gasteiger partial charge in [0.05, 0.1) is 17.7 Å². The average Bonchev–Trinajstić information content (AvgIpc) is 3.21. The fourth-order valence-electron chi connectivity index (χ4n) is 3.18. The van der Waals surface area contributed by atoms with E-state index in [4.69, 9.17) is 9.15 Å². The second-order valence-electron chi connectivity index (χ2n) is 6.98. The van der Waals surface area contributed by atoms with Crippen LogP contribution in [0.3, 0.4) is 0 Å². The van der Waals surface area contributed by atoms with Gasteiger partial charge in [0.1, 0.15) is 11.5 Å². The van der Waals surface area contributed by atoms with Gasteiger partial charge < -0.3 is 14.5 Å². The Kier molecular flexibility index (Phi) is 6.74. The van der Waals surface area contributed by atoms with E-state index >= 15 is 0 Å². The van der Waals surface area contributed by atoms with E-state index in [2.05, 4.69) is 10.0 Å². The number of sulfonamides is 1. The van der Waals surface area contributed by atoms with E-state index in [0.29, 0.717) is 11.5 Å². The van der Waals surface area contributed by atoms with E-state index in [1.54, 1.807) is 31.2 Å². The first-order valence-corrected chi connectivity index (χ1v) is 11.0. The van der Waals surface area contributed by atoms with E-state index < -0.39 is 16.1 Å². The average molecular weight is 407 g/mol. The monoisotopic (exact) mass is 406 g/mol. The van der Waals surface area contributed by atoms with Gasteiger partial charge in [0.15, 0.2) is 6.10 Å². The van der Waals surface area contributed by atoms with Crippen molar-refractivity contribution in [3.05, 3.63) is 48.4 Å². The molecule has 0 radical (unpaired) electrons. The molecule has 1 amide bonds. The highest BCUT2D eigenvalue weighted by Gasteiger charge is 2.21. The molecule has 1 heterocycles. The summed E-state index contributed by atoms with van der Waals surface area (Å²) in [7, 11) is -3.66. The van der Waals surface area contributed by atoms with Crippen molar-refractivity contribution in [2.75, 3.05) is 0 Å². The number of ether oxygens (including phenoxy) is 1. The largest absolute Gasteiger partial charge is 0.481 e. The number of benzene rings is 1. The van der Waals surface area contributed by atoms with E-state index in [9.17, 15) is 13.2 Å². The van der Waals surface area contributed by atoms with Gasteiger partial charge in [0.25, 0.3) is 5.91 Å². The molecule has 1 aliphatic carbocycles. The summed E-state index contributed by atoms with van der Waals surface area (Å²) in [6.45, 7) is 1.76. The molecule has 2 aromatic rings. The van der Waals surface area contributed by atoms with Crippen LogP contribution in [-0.4, -0.2) is 26.5 Å². The molecule has 0 unspecified atom stereocenters. The molecule has 1 saturated carbocycles. The van der Waals surface area contributed by atoms with E-state index in [0.717, 1.165) is 25.7 Å². The van der Waals surface area contributed by atoms with E-state index in [1.807, 2.05) is 0 Å². The smallest absolute Gasteiger partial charge is 0.260 e. The fraction of sp³-hybridized carbons (Fsp3) is 0.450. The lowest BCUT2D eigenvalue weighted by atomic mass is 9.95. The third kappa shape index (κ3) is 5.59. The van der Waals surface area contributed by atoms with Crippen LogP contribution in [0.2, 0.25) is 0 Å². The van der Waals surface area contributed by atoms with Crippen molar-refractivity contribution >= 4 is 15.9 Å². The molecular weight excluding hydrogens is 380 g/mol. The van der Waals surface area contributed by atoms with Crippen LogP contribution in [0.1, 0.15) is 44.8 Å². The van der Waals surface area contributed by atoms with Crippen LogP contribution in [0.5, 0.6) is 5.75 Å². The molecule has 3 rings (SSSR count). The standard InChI is InChI=1S/C20H26N2O5S/c1-15(20(23)22-16-6-3-2-4-7-16)27-17-9-11-19(12-10-17)28(24,25)21-14-18-8-5-13-26-18/h5,8-13,15-16,21H,2-4,6-7,14H2,1H3,(H,22,23)/t15-/m1/s1. The number of rotatable bonds is 8. The van der Waals surface area contributed by atoms with Crippen molar-refractivity contribution in [2.24, 2.45) is 0 Å². The van der Waals surface area contributed by atoms with Crippen molar-refractivity contribution in [1.82, 2.24) is 10.0 Å². The van der Waals surface area contributed by atoms with E-state index in [-0.39, 0.29) is 23.4 Å². The summed E-state index contributed by atoms with van der Waals surface area (Å²) in [6.07, 6.45) is 6.37. The molecule has 1 atom stereocenters. The molecule has 8 heteroatoms. The molecule has 1 aromatic heterocycles. The maximum absolute atomic E-state index is 12.3. The summed E-state index contributed by atoms with van der Waals surface area (Å²) in [4.78, 5) is 12.4. The lowest BCUT2D eigenvalue weighted by molar-refractivity contribution is -0.128. The Bertz CT molecular complexity index is 857. The van der Waals surface area contributed by atoms with E-state index in [1.165, 1.54) is 24.8 Å². The topological polar surface area (TPSA) is 97.6 Å². The molecule has 152 valence electrons. The first kappa shape index (κ1) is 20.4. The van der Waals surface area contributed by atoms with Crippen LogP contribution in [0.4, 0.5) is 0 Å². The Hall–Kier alpha value is -2.32. The van der Waals surface area contributed by atoms with Crippen molar-refractivity contribution in [3.8, 4) is 5.75 Å². The predicted octanol–water partition coefficient (Wildman–Crippen LogP) is 2.97. The van der Waals surface area contributed by atoms with Crippen molar-refractivity contribution in [1.29, 1.82) is 0 Å². The second-order valence-corrected chi connectivity index (χ2v) is 8.75. The van der Waals surface area contributed by atoms with Gasteiger partial charge in [-0.2, -0.15) is 0 Å². The Morgan fingerprint density at radius 3 is 2.54 bits per heavy atom. The van der Waals surface area contributed by atoms with Gasteiger partial charge in [-0.25, -0.2) is 13.1 Å². The second kappa shape index (κ2) is 9.25. The van der Waals surface area contributed by atoms with Gasteiger partial charge in [-0.15, -0.1) is 0 Å². The predicted molar refractivity (Wildman–Crippen MR) is 104 cm³/mol. The zero-order chi connectivity index (χ0) is 20.0. The summed E-state index contributed by atoms with van der Waals surface area (Å²) in [5.41, 5.74) is 0. The lowest BCUT2D eigenvalue weighted by Crippen LogP contribution is -2.43. The highest BCUT2D eigenvalue weighted by atomic mass is 32.2. The van der Waals surface area contributed by atoms with Crippen LogP contribution in [-0.2, 0) is 21.4 Å². The molecule has 0 bridgehead atoms. The molecule has 2 N–H and O–H groups in total. The molecular formula is C20H26N2O5S. The Balaban J connectivity index is 1.53. The van der Waals surface area contributed by atoms with Crippen LogP contribution < -0.4 is 14.8 Å². The lowest BCUT2D eigenvalue weighted by Gasteiger charge is -2.24.